The Balaban J connectivity index is 1.83. The van der Waals surface area contributed by atoms with Gasteiger partial charge in [0.15, 0.2) is 0 Å². The molecule has 1 saturated heterocycles. The second kappa shape index (κ2) is 5.52. The van der Waals surface area contributed by atoms with Crippen molar-refractivity contribution in [1.29, 1.82) is 0 Å². The summed E-state index contributed by atoms with van der Waals surface area (Å²) >= 11 is 0. The van der Waals surface area contributed by atoms with E-state index in [-0.39, 0.29) is 5.91 Å². The Kier molecular flexibility index (Phi) is 4.01. The van der Waals surface area contributed by atoms with Crippen LogP contribution >= 0.6 is 0 Å². The Morgan fingerprint density at radius 3 is 2.56 bits per heavy atom. The number of hydrogen-bond acceptors (Lipinski definition) is 3. The normalized spacial score (nSPS) is 15.4. The van der Waals surface area contributed by atoms with Crippen molar-refractivity contribution < 1.29 is 4.79 Å². The van der Waals surface area contributed by atoms with Crippen LogP contribution in [-0.4, -0.2) is 40.2 Å². The summed E-state index contributed by atoms with van der Waals surface area (Å²) in [6, 6.07) is 0. The standard InChI is InChI=1S/C13H22N4O/c1-10-12(11(2)16(3)15-10)8-14-9-13(18)17-6-4-5-7-17/h14H,4-9H2,1-3H3. The Morgan fingerprint density at radius 1 is 1.33 bits per heavy atom. The van der Waals surface area contributed by atoms with Crippen LogP contribution in [0.4, 0.5) is 0 Å². The number of amides is 1. The maximum atomic E-state index is 11.9. The van der Waals surface area contributed by atoms with Crippen molar-refractivity contribution in [3.05, 3.63) is 17.0 Å². The third kappa shape index (κ3) is 2.72. The van der Waals surface area contributed by atoms with Gasteiger partial charge in [-0.2, -0.15) is 5.10 Å². The van der Waals surface area contributed by atoms with Gasteiger partial charge >= 0.3 is 0 Å². The number of carbonyl (C=O) groups excluding carboxylic acids is 1. The van der Waals surface area contributed by atoms with Crippen LogP contribution in [0.15, 0.2) is 0 Å². The number of aryl methyl sites for hydroxylation is 2. The minimum Gasteiger partial charge on any atom is -0.342 e. The van der Waals surface area contributed by atoms with E-state index in [4.69, 9.17) is 0 Å². The van der Waals surface area contributed by atoms with Crippen LogP contribution in [0.1, 0.15) is 29.8 Å². The molecule has 0 spiro atoms. The average Bonchev–Trinajstić information content (AvgIpc) is 2.93. The first-order valence-corrected chi connectivity index (χ1v) is 6.57. The molecule has 1 aromatic heterocycles. The lowest BCUT2D eigenvalue weighted by atomic mass is 10.2. The van der Waals surface area contributed by atoms with E-state index in [9.17, 15) is 4.79 Å². The zero-order valence-corrected chi connectivity index (χ0v) is 11.5. The van der Waals surface area contributed by atoms with Gasteiger partial charge in [0.05, 0.1) is 12.2 Å². The van der Waals surface area contributed by atoms with Crippen molar-refractivity contribution >= 4 is 5.91 Å². The van der Waals surface area contributed by atoms with E-state index >= 15 is 0 Å². The molecule has 0 aliphatic carbocycles. The van der Waals surface area contributed by atoms with E-state index in [1.807, 2.05) is 23.6 Å². The number of likely N-dealkylation sites (tertiary alicyclic amines) is 1. The molecule has 0 radical (unpaired) electrons. The highest BCUT2D eigenvalue weighted by Crippen LogP contribution is 2.11. The number of aromatic nitrogens is 2. The maximum absolute atomic E-state index is 11.9. The molecule has 0 aromatic carbocycles. The smallest absolute Gasteiger partial charge is 0.236 e. The first kappa shape index (κ1) is 13.1. The third-order valence-electron chi connectivity index (χ3n) is 3.70. The Bertz CT molecular complexity index is 432. The molecule has 2 heterocycles. The average molecular weight is 250 g/mol. The largest absolute Gasteiger partial charge is 0.342 e. The summed E-state index contributed by atoms with van der Waals surface area (Å²) in [7, 11) is 1.95. The molecule has 5 nitrogen and oxygen atoms in total. The minimum absolute atomic E-state index is 0.215. The molecule has 1 aliphatic rings. The molecule has 5 heteroatoms. The molecule has 1 aromatic rings. The first-order chi connectivity index (χ1) is 8.59. The fourth-order valence-corrected chi connectivity index (χ4v) is 2.45. The molecule has 1 N–H and O–H groups in total. The quantitative estimate of drug-likeness (QED) is 0.858. The van der Waals surface area contributed by atoms with E-state index in [0.717, 1.165) is 37.3 Å². The van der Waals surface area contributed by atoms with Gasteiger partial charge < -0.3 is 10.2 Å². The Labute approximate surface area is 108 Å². The van der Waals surface area contributed by atoms with Gasteiger partial charge in [-0.1, -0.05) is 0 Å². The summed E-state index contributed by atoms with van der Waals surface area (Å²) in [6.45, 7) is 7.04. The predicted octanol–water partition coefficient (Wildman–Crippen LogP) is 0.749. The molecule has 100 valence electrons. The van der Waals surface area contributed by atoms with Crippen LogP contribution in [0.5, 0.6) is 0 Å². The predicted molar refractivity (Wildman–Crippen MR) is 70.2 cm³/mol. The van der Waals surface area contributed by atoms with E-state index in [0.29, 0.717) is 13.1 Å². The fourth-order valence-electron chi connectivity index (χ4n) is 2.45. The molecule has 1 fully saturated rings. The Morgan fingerprint density at radius 2 is 2.00 bits per heavy atom. The topological polar surface area (TPSA) is 50.2 Å². The van der Waals surface area contributed by atoms with E-state index in [2.05, 4.69) is 17.3 Å². The highest BCUT2D eigenvalue weighted by atomic mass is 16.2. The van der Waals surface area contributed by atoms with Gasteiger partial charge in [-0.3, -0.25) is 9.48 Å². The van der Waals surface area contributed by atoms with Gasteiger partial charge in [0, 0.05) is 37.9 Å². The lowest BCUT2D eigenvalue weighted by molar-refractivity contribution is -0.129. The molecule has 2 rings (SSSR count). The van der Waals surface area contributed by atoms with Gasteiger partial charge in [0.25, 0.3) is 0 Å². The molecule has 0 bridgehead atoms. The minimum atomic E-state index is 0.215. The van der Waals surface area contributed by atoms with Crippen molar-refractivity contribution in [3.8, 4) is 0 Å². The van der Waals surface area contributed by atoms with Crippen molar-refractivity contribution in [2.75, 3.05) is 19.6 Å². The summed E-state index contributed by atoms with van der Waals surface area (Å²) in [5.41, 5.74) is 3.40. The van der Waals surface area contributed by atoms with Crippen LogP contribution in [0.2, 0.25) is 0 Å². The van der Waals surface area contributed by atoms with Crippen molar-refractivity contribution in [2.45, 2.75) is 33.2 Å². The van der Waals surface area contributed by atoms with E-state index in [1.165, 1.54) is 5.56 Å². The zero-order valence-electron chi connectivity index (χ0n) is 11.5. The molecule has 18 heavy (non-hydrogen) atoms. The van der Waals surface area contributed by atoms with E-state index < -0.39 is 0 Å². The summed E-state index contributed by atoms with van der Waals surface area (Å²) in [4.78, 5) is 13.8. The number of carbonyl (C=O) groups is 1. The van der Waals surface area contributed by atoms with Crippen LogP contribution in [0, 0.1) is 13.8 Å². The fraction of sp³-hybridized carbons (Fsp3) is 0.692. The molecular formula is C13H22N4O. The van der Waals surface area contributed by atoms with Gasteiger partial charge in [-0.25, -0.2) is 0 Å². The maximum Gasteiger partial charge on any atom is 0.236 e. The Hall–Kier alpha value is -1.36. The summed E-state index contributed by atoms with van der Waals surface area (Å²) in [5.74, 6) is 0.215. The van der Waals surface area contributed by atoms with Crippen LogP contribution < -0.4 is 5.32 Å². The van der Waals surface area contributed by atoms with Crippen molar-refractivity contribution in [2.24, 2.45) is 7.05 Å². The van der Waals surface area contributed by atoms with Crippen molar-refractivity contribution in [1.82, 2.24) is 20.0 Å². The molecular weight excluding hydrogens is 228 g/mol. The van der Waals surface area contributed by atoms with Gasteiger partial charge in [0.1, 0.15) is 0 Å². The molecule has 1 aliphatic heterocycles. The third-order valence-corrected chi connectivity index (χ3v) is 3.70. The number of nitrogens with one attached hydrogen (secondary N) is 1. The lowest BCUT2D eigenvalue weighted by Crippen LogP contribution is -2.36. The highest BCUT2D eigenvalue weighted by Gasteiger charge is 2.17. The summed E-state index contributed by atoms with van der Waals surface area (Å²) < 4.78 is 1.88. The number of rotatable bonds is 4. The first-order valence-electron chi connectivity index (χ1n) is 6.57. The van der Waals surface area contributed by atoms with E-state index in [1.54, 1.807) is 0 Å². The van der Waals surface area contributed by atoms with Crippen LogP contribution in [0.25, 0.3) is 0 Å². The summed E-state index contributed by atoms with van der Waals surface area (Å²) in [5, 5.41) is 7.60. The molecule has 0 unspecified atom stereocenters. The van der Waals surface area contributed by atoms with Gasteiger partial charge in [-0.05, 0) is 26.7 Å². The summed E-state index contributed by atoms with van der Waals surface area (Å²) in [6.07, 6.45) is 2.29. The number of hydrogen-bond donors (Lipinski definition) is 1. The van der Waals surface area contributed by atoms with Crippen LogP contribution in [-0.2, 0) is 18.4 Å². The number of nitrogens with zero attached hydrogens (tertiary/aromatic N) is 3. The van der Waals surface area contributed by atoms with Crippen LogP contribution in [0.3, 0.4) is 0 Å². The zero-order chi connectivity index (χ0) is 13.1. The van der Waals surface area contributed by atoms with Crippen molar-refractivity contribution in [3.63, 3.8) is 0 Å². The second-order valence-corrected chi connectivity index (χ2v) is 4.96. The SMILES string of the molecule is Cc1nn(C)c(C)c1CNCC(=O)N1CCCC1. The molecule has 0 saturated carbocycles. The van der Waals surface area contributed by atoms with Gasteiger partial charge in [-0.15, -0.1) is 0 Å². The van der Waals surface area contributed by atoms with Gasteiger partial charge in [0.2, 0.25) is 5.91 Å². The highest BCUT2D eigenvalue weighted by molar-refractivity contribution is 5.78. The monoisotopic (exact) mass is 250 g/mol. The second-order valence-electron chi connectivity index (χ2n) is 4.96. The molecule has 1 amide bonds. The molecule has 0 atom stereocenters. The lowest BCUT2D eigenvalue weighted by Gasteiger charge is -2.15.